The molecule has 0 bridgehead atoms. The quantitative estimate of drug-likeness (QED) is 0.896. The van der Waals surface area contributed by atoms with Gasteiger partial charge in [0.25, 0.3) is 0 Å². The van der Waals surface area contributed by atoms with Crippen molar-refractivity contribution in [1.29, 1.82) is 0 Å². The zero-order chi connectivity index (χ0) is 17.3. The lowest BCUT2D eigenvalue weighted by molar-refractivity contribution is 0.331. The second-order valence-electron chi connectivity index (χ2n) is 7.56. The van der Waals surface area contributed by atoms with Gasteiger partial charge in [-0.2, -0.15) is 0 Å². The summed E-state index contributed by atoms with van der Waals surface area (Å²) >= 11 is 0. The number of aromatic amines is 1. The fourth-order valence-electron chi connectivity index (χ4n) is 4.05. The Morgan fingerprint density at radius 1 is 1.28 bits per heavy atom. The second-order valence-corrected chi connectivity index (χ2v) is 7.56. The first-order valence-electron chi connectivity index (χ1n) is 9.32. The van der Waals surface area contributed by atoms with Gasteiger partial charge in [0.15, 0.2) is 0 Å². The van der Waals surface area contributed by atoms with Crippen LogP contribution in [0.2, 0.25) is 0 Å². The average Bonchev–Trinajstić information content (AvgIpc) is 3.01. The second kappa shape index (κ2) is 6.64. The number of nitrogens with zero attached hydrogens (tertiary/aromatic N) is 3. The van der Waals surface area contributed by atoms with Gasteiger partial charge in [-0.05, 0) is 57.1 Å². The number of nitrogens with one attached hydrogen (secondary N) is 1. The van der Waals surface area contributed by atoms with Crippen molar-refractivity contribution in [3.8, 4) is 0 Å². The van der Waals surface area contributed by atoms with E-state index >= 15 is 0 Å². The summed E-state index contributed by atoms with van der Waals surface area (Å²) in [5, 5.41) is 1.09. The number of hydrogen-bond acceptors (Lipinski definition) is 4. The van der Waals surface area contributed by atoms with Crippen LogP contribution < -0.4 is 10.6 Å². The van der Waals surface area contributed by atoms with Gasteiger partial charge in [0.2, 0.25) is 0 Å². The molecule has 2 aromatic heterocycles. The molecule has 1 aliphatic heterocycles. The molecule has 0 aromatic carbocycles. The smallest absolute Gasteiger partial charge is 0.142 e. The maximum absolute atomic E-state index is 6.80. The lowest BCUT2D eigenvalue weighted by atomic mass is 9.81. The largest absolute Gasteiger partial charge is 0.356 e. The number of aromatic nitrogens is 3. The molecule has 0 saturated carbocycles. The molecule has 0 spiro atoms. The minimum Gasteiger partial charge on any atom is -0.356 e. The summed E-state index contributed by atoms with van der Waals surface area (Å²) in [4.78, 5) is 14.3. The SMILES string of the molecule is CC1=C(CC2(N)CCN(c3ncnc4[nH]ccc34)CC2)C=CCCC1. The monoisotopic (exact) mass is 337 g/mol. The van der Waals surface area contributed by atoms with E-state index in [9.17, 15) is 0 Å². The third-order valence-electron chi connectivity index (χ3n) is 5.72. The molecule has 25 heavy (non-hydrogen) atoms. The van der Waals surface area contributed by atoms with Crippen LogP contribution in [-0.4, -0.2) is 33.6 Å². The maximum atomic E-state index is 6.80. The first-order chi connectivity index (χ1) is 12.1. The minimum atomic E-state index is -0.105. The summed E-state index contributed by atoms with van der Waals surface area (Å²) in [6, 6.07) is 2.06. The topological polar surface area (TPSA) is 70.8 Å². The van der Waals surface area contributed by atoms with Crippen LogP contribution >= 0.6 is 0 Å². The van der Waals surface area contributed by atoms with Crippen LogP contribution in [0.3, 0.4) is 0 Å². The number of H-pyrrole nitrogens is 1. The predicted octanol–water partition coefficient (Wildman–Crippen LogP) is 3.70. The Hall–Kier alpha value is -2.14. The molecule has 0 unspecified atom stereocenters. The van der Waals surface area contributed by atoms with Gasteiger partial charge in [0.1, 0.15) is 17.8 Å². The lowest BCUT2D eigenvalue weighted by Crippen LogP contribution is -2.51. The summed E-state index contributed by atoms with van der Waals surface area (Å²) in [6.45, 7) is 4.17. The molecule has 2 aromatic rings. The van der Waals surface area contributed by atoms with Crippen LogP contribution in [0, 0.1) is 0 Å². The van der Waals surface area contributed by atoms with Gasteiger partial charge >= 0.3 is 0 Å². The first-order valence-corrected chi connectivity index (χ1v) is 9.32. The average molecular weight is 337 g/mol. The zero-order valence-corrected chi connectivity index (χ0v) is 15.0. The van der Waals surface area contributed by atoms with Crippen molar-refractivity contribution in [3.05, 3.63) is 41.9 Å². The highest BCUT2D eigenvalue weighted by Gasteiger charge is 2.32. The molecule has 0 amide bonds. The van der Waals surface area contributed by atoms with Crippen molar-refractivity contribution in [2.24, 2.45) is 5.73 Å². The molecule has 1 fully saturated rings. The maximum Gasteiger partial charge on any atom is 0.142 e. The van der Waals surface area contributed by atoms with Gasteiger partial charge in [-0.1, -0.05) is 17.7 Å². The molecule has 4 rings (SSSR count). The molecule has 3 heterocycles. The third-order valence-corrected chi connectivity index (χ3v) is 5.72. The van der Waals surface area contributed by atoms with Gasteiger partial charge in [-0.15, -0.1) is 0 Å². The van der Waals surface area contributed by atoms with Crippen LogP contribution in [0.25, 0.3) is 11.0 Å². The van der Waals surface area contributed by atoms with E-state index in [-0.39, 0.29) is 5.54 Å². The van der Waals surface area contributed by atoms with E-state index < -0.39 is 0 Å². The molecule has 0 radical (unpaired) electrons. The van der Waals surface area contributed by atoms with Crippen molar-refractivity contribution in [2.45, 2.75) is 51.0 Å². The van der Waals surface area contributed by atoms with Crippen LogP contribution in [0.1, 0.15) is 45.4 Å². The number of allylic oxidation sites excluding steroid dienone is 3. The van der Waals surface area contributed by atoms with E-state index in [2.05, 4.69) is 45.0 Å². The summed E-state index contributed by atoms with van der Waals surface area (Å²) in [5.41, 5.74) is 10.6. The number of nitrogens with two attached hydrogens (primary N) is 1. The van der Waals surface area contributed by atoms with Crippen LogP contribution in [0.4, 0.5) is 5.82 Å². The minimum absolute atomic E-state index is 0.105. The Labute approximate surface area is 149 Å². The van der Waals surface area contributed by atoms with Crippen LogP contribution in [-0.2, 0) is 0 Å². The summed E-state index contributed by atoms with van der Waals surface area (Å²) in [6.07, 6.45) is 14.8. The van der Waals surface area contributed by atoms with Gasteiger partial charge in [-0.25, -0.2) is 9.97 Å². The highest BCUT2D eigenvalue weighted by Crippen LogP contribution is 2.33. The Balaban J connectivity index is 1.48. The fourth-order valence-corrected chi connectivity index (χ4v) is 4.05. The molecule has 132 valence electrons. The molecular weight excluding hydrogens is 310 g/mol. The van der Waals surface area contributed by atoms with Crippen LogP contribution in [0.5, 0.6) is 0 Å². The molecule has 0 atom stereocenters. The molecule has 1 aliphatic carbocycles. The first kappa shape index (κ1) is 16.3. The number of hydrogen-bond donors (Lipinski definition) is 2. The van der Waals surface area contributed by atoms with E-state index in [4.69, 9.17) is 5.73 Å². The lowest BCUT2D eigenvalue weighted by Gasteiger charge is -2.40. The molecule has 1 saturated heterocycles. The van der Waals surface area contributed by atoms with Crippen molar-refractivity contribution in [3.63, 3.8) is 0 Å². The Morgan fingerprint density at radius 3 is 2.96 bits per heavy atom. The van der Waals surface area contributed by atoms with E-state index in [0.717, 1.165) is 49.2 Å². The highest BCUT2D eigenvalue weighted by molar-refractivity contribution is 5.87. The van der Waals surface area contributed by atoms with Crippen molar-refractivity contribution >= 4 is 16.9 Å². The van der Waals surface area contributed by atoms with Crippen molar-refractivity contribution in [1.82, 2.24) is 15.0 Å². The van der Waals surface area contributed by atoms with E-state index in [1.807, 2.05) is 6.20 Å². The standard InChI is InChI=1S/C20H27N5/c1-15-5-3-2-4-6-16(15)13-20(21)8-11-25(12-9-20)19-17-7-10-22-18(17)23-14-24-19/h4,6-7,10,14H,2-3,5,8-9,11-13,21H2,1H3,(H,22,23,24). The summed E-state index contributed by atoms with van der Waals surface area (Å²) < 4.78 is 0. The van der Waals surface area contributed by atoms with E-state index in [1.54, 1.807) is 6.33 Å². The van der Waals surface area contributed by atoms with Gasteiger partial charge in [0, 0.05) is 24.8 Å². The molecule has 5 heteroatoms. The fraction of sp³-hybridized carbons (Fsp3) is 0.500. The number of anilines is 1. The number of fused-ring (bicyclic) bond motifs is 1. The zero-order valence-electron chi connectivity index (χ0n) is 15.0. The Bertz CT molecular complexity index is 808. The van der Waals surface area contributed by atoms with E-state index in [0.29, 0.717) is 0 Å². The molecule has 3 N–H and O–H groups in total. The van der Waals surface area contributed by atoms with Crippen molar-refractivity contribution in [2.75, 3.05) is 18.0 Å². The van der Waals surface area contributed by atoms with Crippen molar-refractivity contribution < 1.29 is 0 Å². The molecular formula is C20H27N5. The van der Waals surface area contributed by atoms with E-state index in [1.165, 1.54) is 30.4 Å². The molecule has 5 nitrogen and oxygen atoms in total. The third kappa shape index (κ3) is 3.33. The van der Waals surface area contributed by atoms with Gasteiger partial charge in [-0.3, -0.25) is 0 Å². The van der Waals surface area contributed by atoms with Crippen LogP contribution in [0.15, 0.2) is 41.9 Å². The van der Waals surface area contributed by atoms with Gasteiger partial charge < -0.3 is 15.6 Å². The Kier molecular flexibility index (Phi) is 4.34. The normalized spacial score (nSPS) is 21.0. The highest BCUT2D eigenvalue weighted by atomic mass is 15.2. The Morgan fingerprint density at radius 2 is 2.12 bits per heavy atom. The number of rotatable bonds is 3. The predicted molar refractivity (Wildman–Crippen MR) is 103 cm³/mol. The summed E-state index contributed by atoms with van der Waals surface area (Å²) in [7, 11) is 0. The number of piperidine rings is 1. The van der Waals surface area contributed by atoms with Gasteiger partial charge in [0.05, 0.1) is 5.39 Å². The summed E-state index contributed by atoms with van der Waals surface area (Å²) in [5.74, 6) is 1.03. The molecule has 2 aliphatic rings.